The number of carbonyl (C=O) groups excluding carboxylic acids is 1. The highest BCUT2D eigenvalue weighted by Crippen LogP contribution is 2.51. The maximum Gasteiger partial charge on any atom is 0.235 e. The van der Waals surface area contributed by atoms with Crippen LogP contribution in [0, 0.1) is 0 Å². The van der Waals surface area contributed by atoms with E-state index < -0.39 is 5.41 Å². The predicted molar refractivity (Wildman–Crippen MR) is 178 cm³/mol. The Morgan fingerprint density at radius 3 is 2.25 bits per heavy atom. The molecule has 0 saturated carbocycles. The van der Waals surface area contributed by atoms with Gasteiger partial charge in [0.05, 0.1) is 7.11 Å². The lowest BCUT2D eigenvalue weighted by Crippen LogP contribution is -2.45. The first kappa shape index (κ1) is 30.0. The Morgan fingerprint density at radius 2 is 1.57 bits per heavy atom. The van der Waals surface area contributed by atoms with Crippen molar-refractivity contribution in [3.05, 3.63) is 119 Å². The number of carbonyl (C=O) groups is 1. The molecule has 6 nitrogen and oxygen atoms in total. The summed E-state index contributed by atoms with van der Waals surface area (Å²) in [4.78, 5) is 18.9. The number of methoxy groups -OCH3 is 1. The predicted octanol–water partition coefficient (Wildman–Crippen LogP) is 8.11. The van der Waals surface area contributed by atoms with Crippen LogP contribution in [0.25, 0.3) is 22.5 Å². The zero-order chi connectivity index (χ0) is 30.4. The molecule has 0 fully saturated rings. The number of halogens is 1. The summed E-state index contributed by atoms with van der Waals surface area (Å²) in [5.74, 6) is 2.56. The van der Waals surface area contributed by atoms with E-state index in [1.807, 2.05) is 36.4 Å². The van der Waals surface area contributed by atoms with Gasteiger partial charge in [-0.2, -0.15) is 0 Å². The van der Waals surface area contributed by atoms with Crippen molar-refractivity contribution in [3.63, 3.8) is 0 Å². The minimum Gasteiger partial charge on any atom is -0.497 e. The van der Waals surface area contributed by atoms with Crippen LogP contribution in [-0.4, -0.2) is 40.5 Å². The standard InChI is InChI=1S/C36H35ClN4O2S/c1-43-28-19-13-25(14-20-28)21-23-38-34(42)36(31-11-5-3-9-29(31)30-10-4-6-12-32(30)36)22-7-2-8-24-44-35-39-33(40-41-35)26-15-17-27(37)18-16-26/h3-6,9-20H,2,7-8,21-24H2,1H3,(H,38,42)(H,39,40,41). The van der Waals surface area contributed by atoms with Gasteiger partial charge in [-0.1, -0.05) is 96.9 Å². The van der Waals surface area contributed by atoms with Crippen LogP contribution in [0.2, 0.25) is 5.02 Å². The first-order chi connectivity index (χ1) is 21.6. The molecule has 224 valence electrons. The van der Waals surface area contributed by atoms with Crippen LogP contribution in [0.15, 0.2) is 102 Å². The van der Waals surface area contributed by atoms with Gasteiger partial charge in [0.2, 0.25) is 11.1 Å². The van der Waals surface area contributed by atoms with Gasteiger partial charge in [-0.3, -0.25) is 9.89 Å². The molecule has 0 unspecified atom stereocenters. The van der Waals surface area contributed by atoms with Gasteiger partial charge in [0.25, 0.3) is 0 Å². The van der Waals surface area contributed by atoms with Crippen LogP contribution in [0.3, 0.4) is 0 Å². The molecule has 1 aliphatic carbocycles. The summed E-state index contributed by atoms with van der Waals surface area (Å²) >= 11 is 7.66. The van der Waals surface area contributed by atoms with E-state index in [0.717, 1.165) is 88.0 Å². The summed E-state index contributed by atoms with van der Waals surface area (Å²) in [5, 5.41) is 12.1. The number of nitrogens with one attached hydrogen (secondary N) is 2. The van der Waals surface area contributed by atoms with E-state index in [4.69, 9.17) is 16.3 Å². The third-order valence-corrected chi connectivity index (χ3v) is 9.51. The van der Waals surface area contributed by atoms with E-state index in [1.165, 1.54) is 0 Å². The van der Waals surface area contributed by atoms with E-state index in [-0.39, 0.29) is 5.91 Å². The number of thioether (sulfide) groups is 1. The normalized spacial score (nSPS) is 12.9. The lowest BCUT2D eigenvalue weighted by atomic mass is 9.73. The fraction of sp³-hybridized carbons (Fsp3) is 0.250. The monoisotopic (exact) mass is 622 g/mol. The molecule has 0 saturated heterocycles. The fourth-order valence-electron chi connectivity index (χ4n) is 6.10. The molecule has 0 aliphatic heterocycles. The van der Waals surface area contributed by atoms with E-state index in [9.17, 15) is 4.79 Å². The quantitative estimate of drug-likeness (QED) is 0.102. The van der Waals surface area contributed by atoms with Crippen LogP contribution < -0.4 is 10.1 Å². The van der Waals surface area contributed by atoms with Gasteiger partial charge in [-0.25, -0.2) is 4.98 Å². The second-order valence-electron chi connectivity index (χ2n) is 11.0. The second-order valence-corrected chi connectivity index (χ2v) is 12.5. The smallest absolute Gasteiger partial charge is 0.235 e. The largest absolute Gasteiger partial charge is 0.497 e. The number of H-pyrrole nitrogens is 1. The highest BCUT2D eigenvalue weighted by atomic mass is 35.5. The third kappa shape index (κ3) is 6.26. The Labute approximate surface area is 267 Å². The average molecular weight is 623 g/mol. The molecule has 0 radical (unpaired) electrons. The van der Waals surface area contributed by atoms with Crippen molar-refractivity contribution in [2.45, 2.75) is 42.7 Å². The SMILES string of the molecule is COc1ccc(CCNC(=O)C2(CCCCCSc3n[nH]c(-c4ccc(Cl)cc4)n3)c3ccccc3-c3ccccc32)cc1. The van der Waals surface area contributed by atoms with Crippen molar-refractivity contribution in [2.24, 2.45) is 0 Å². The van der Waals surface area contributed by atoms with Gasteiger partial charge in [-0.05, 0) is 83.5 Å². The molecule has 1 amide bonds. The van der Waals surface area contributed by atoms with Crippen LogP contribution in [0.5, 0.6) is 5.75 Å². The van der Waals surface area contributed by atoms with Crippen molar-refractivity contribution in [3.8, 4) is 28.3 Å². The lowest BCUT2D eigenvalue weighted by molar-refractivity contribution is -0.125. The van der Waals surface area contributed by atoms with Crippen molar-refractivity contribution in [2.75, 3.05) is 19.4 Å². The van der Waals surface area contributed by atoms with Gasteiger partial charge in [-0.15, -0.1) is 5.10 Å². The topological polar surface area (TPSA) is 79.9 Å². The van der Waals surface area contributed by atoms with Crippen LogP contribution >= 0.6 is 23.4 Å². The first-order valence-corrected chi connectivity index (χ1v) is 16.4. The summed E-state index contributed by atoms with van der Waals surface area (Å²) in [5.41, 5.74) is 5.93. The van der Waals surface area contributed by atoms with E-state index in [2.05, 4.69) is 81.2 Å². The van der Waals surface area contributed by atoms with Gasteiger partial charge in [0.15, 0.2) is 5.82 Å². The second kappa shape index (κ2) is 13.7. The summed E-state index contributed by atoms with van der Waals surface area (Å²) < 4.78 is 5.28. The van der Waals surface area contributed by atoms with Gasteiger partial charge >= 0.3 is 0 Å². The molecular formula is C36H35ClN4O2S. The highest BCUT2D eigenvalue weighted by Gasteiger charge is 2.48. The number of benzene rings is 4. The molecule has 0 bridgehead atoms. The number of fused-ring (bicyclic) bond motifs is 3. The number of aromatic amines is 1. The summed E-state index contributed by atoms with van der Waals surface area (Å²) in [6.45, 7) is 0.572. The molecule has 1 aromatic heterocycles. The van der Waals surface area contributed by atoms with Crippen molar-refractivity contribution in [1.82, 2.24) is 20.5 Å². The first-order valence-electron chi connectivity index (χ1n) is 15.0. The van der Waals surface area contributed by atoms with E-state index >= 15 is 0 Å². The number of hydrogen-bond acceptors (Lipinski definition) is 5. The van der Waals surface area contributed by atoms with Crippen molar-refractivity contribution in [1.29, 1.82) is 0 Å². The fourth-order valence-corrected chi connectivity index (χ4v) is 7.02. The molecule has 4 aromatic carbocycles. The molecule has 2 N–H and O–H groups in total. The van der Waals surface area contributed by atoms with Crippen molar-refractivity contribution < 1.29 is 9.53 Å². The number of ether oxygens (including phenoxy) is 1. The summed E-state index contributed by atoms with van der Waals surface area (Å²) in [6, 6.07) is 32.4. The molecule has 6 rings (SSSR count). The Hall–Kier alpha value is -4.07. The number of hydrogen-bond donors (Lipinski definition) is 2. The molecule has 5 aromatic rings. The third-order valence-electron chi connectivity index (χ3n) is 8.32. The maximum atomic E-state index is 14.3. The number of nitrogens with zero attached hydrogens (tertiary/aromatic N) is 2. The minimum absolute atomic E-state index is 0.0771. The maximum absolute atomic E-state index is 14.3. The van der Waals surface area contributed by atoms with Gasteiger partial charge in [0, 0.05) is 22.9 Å². The Bertz CT molecular complexity index is 1670. The van der Waals surface area contributed by atoms with Gasteiger partial charge in [0.1, 0.15) is 11.2 Å². The van der Waals surface area contributed by atoms with E-state index in [0.29, 0.717) is 11.6 Å². The number of rotatable bonds is 13. The molecule has 8 heteroatoms. The number of amides is 1. The molecule has 0 atom stereocenters. The van der Waals surface area contributed by atoms with Gasteiger partial charge < -0.3 is 10.1 Å². The molecule has 1 aliphatic rings. The lowest BCUT2D eigenvalue weighted by Gasteiger charge is -2.31. The molecule has 44 heavy (non-hydrogen) atoms. The zero-order valence-electron chi connectivity index (χ0n) is 24.7. The van der Waals surface area contributed by atoms with E-state index in [1.54, 1.807) is 18.9 Å². The Kier molecular flexibility index (Phi) is 9.34. The zero-order valence-corrected chi connectivity index (χ0v) is 26.3. The summed E-state index contributed by atoms with van der Waals surface area (Å²) in [6.07, 6.45) is 4.45. The Balaban J connectivity index is 1.10. The van der Waals surface area contributed by atoms with Crippen molar-refractivity contribution >= 4 is 29.3 Å². The van der Waals surface area contributed by atoms with Crippen LogP contribution in [0.1, 0.15) is 42.4 Å². The molecular weight excluding hydrogens is 588 g/mol. The summed E-state index contributed by atoms with van der Waals surface area (Å²) in [7, 11) is 1.67. The number of aromatic nitrogens is 3. The average Bonchev–Trinajstić information content (AvgIpc) is 3.65. The minimum atomic E-state index is -0.711. The molecule has 0 spiro atoms. The Morgan fingerprint density at radius 1 is 0.886 bits per heavy atom. The van der Waals surface area contributed by atoms with Crippen LogP contribution in [0.4, 0.5) is 0 Å². The van der Waals surface area contributed by atoms with Crippen LogP contribution in [-0.2, 0) is 16.6 Å². The highest BCUT2D eigenvalue weighted by molar-refractivity contribution is 7.99. The number of unbranched alkanes of at least 4 members (excludes halogenated alkanes) is 2. The molecule has 1 heterocycles.